The Bertz CT molecular complexity index is 1300. The minimum atomic E-state index is -3.76. The molecule has 0 unspecified atom stereocenters. The van der Waals surface area contributed by atoms with E-state index in [1.54, 1.807) is 35.0 Å². The van der Waals surface area contributed by atoms with Crippen LogP contribution in [0.25, 0.3) is 5.65 Å². The zero-order valence-electron chi connectivity index (χ0n) is 15.0. The highest BCUT2D eigenvalue weighted by atomic mass is 35.5. The number of amides is 1. The van der Waals surface area contributed by atoms with Crippen LogP contribution < -0.4 is 10.0 Å². The monoisotopic (exact) mass is 447 g/mol. The maximum absolute atomic E-state index is 12.8. The van der Waals surface area contributed by atoms with Crippen molar-refractivity contribution in [3.63, 3.8) is 0 Å². The van der Waals surface area contributed by atoms with E-state index in [4.69, 9.17) is 11.6 Å². The molecule has 0 saturated heterocycles. The summed E-state index contributed by atoms with van der Waals surface area (Å²) in [6.45, 7) is 1.73. The molecule has 0 atom stereocenters. The quantitative estimate of drug-likeness (QED) is 0.484. The van der Waals surface area contributed by atoms with E-state index >= 15 is 0 Å². The van der Waals surface area contributed by atoms with Gasteiger partial charge in [0, 0.05) is 23.5 Å². The molecule has 8 nitrogen and oxygen atoms in total. The summed E-state index contributed by atoms with van der Waals surface area (Å²) in [4.78, 5) is 21.1. The highest BCUT2D eigenvalue weighted by molar-refractivity contribution is 7.93. The summed E-state index contributed by atoms with van der Waals surface area (Å²) < 4.78 is 28.8. The predicted molar refractivity (Wildman–Crippen MR) is 112 cm³/mol. The van der Waals surface area contributed by atoms with E-state index in [-0.39, 0.29) is 15.9 Å². The van der Waals surface area contributed by atoms with Crippen molar-refractivity contribution in [2.24, 2.45) is 0 Å². The maximum Gasteiger partial charge on any atom is 0.274 e. The molecule has 4 rings (SSSR count). The zero-order valence-corrected chi connectivity index (χ0v) is 17.3. The van der Waals surface area contributed by atoms with Crippen LogP contribution in [0, 0.1) is 6.92 Å². The molecule has 0 aliphatic heterocycles. The first kappa shape index (κ1) is 19.4. The number of nitrogens with zero attached hydrogens (tertiary/aromatic N) is 3. The van der Waals surface area contributed by atoms with Gasteiger partial charge in [0.15, 0.2) is 5.13 Å². The molecule has 3 aromatic heterocycles. The van der Waals surface area contributed by atoms with Crippen molar-refractivity contribution in [3.8, 4) is 0 Å². The van der Waals surface area contributed by atoms with Crippen LogP contribution in [0.4, 0.5) is 10.8 Å². The Balaban J connectivity index is 1.56. The molecule has 0 aliphatic rings. The molecule has 0 radical (unpaired) electrons. The van der Waals surface area contributed by atoms with Crippen molar-refractivity contribution in [2.45, 2.75) is 11.8 Å². The number of carbonyl (C=O) groups excluding carboxylic acids is 1. The lowest BCUT2D eigenvalue weighted by Crippen LogP contribution is -2.16. The van der Waals surface area contributed by atoms with Gasteiger partial charge in [-0.1, -0.05) is 11.6 Å². The van der Waals surface area contributed by atoms with Crippen molar-refractivity contribution in [1.82, 2.24) is 14.4 Å². The number of fused-ring (bicyclic) bond motifs is 1. The second kappa shape index (κ2) is 7.47. The molecular formula is C18H14ClN5O3S2. The highest BCUT2D eigenvalue weighted by Crippen LogP contribution is 2.21. The summed E-state index contributed by atoms with van der Waals surface area (Å²) in [6, 6.07) is 9.26. The maximum atomic E-state index is 12.8. The zero-order chi connectivity index (χ0) is 20.6. The Kier molecular flexibility index (Phi) is 4.99. The number of benzene rings is 1. The van der Waals surface area contributed by atoms with Crippen LogP contribution in [0.3, 0.4) is 0 Å². The van der Waals surface area contributed by atoms with Gasteiger partial charge in [0.25, 0.3) is 15.9 Å². The summed E-state index contributed by atoms with van der Waals surface area (Å²) >= 11 is 7.21. The van der Waals surface area contributed by atoms with Crippen molar-refractivity contribution in [2.75, 3.05) is 10.0 Å². The average molecular weight is 448 g/mol. The van der Waals surface area contributed by atoms with Gasteiger partial charge in [0.05, 0.1) is 15.6 Å². The van der Waals surface area contributed by atoms with Crippen LogP contribution in [0.5, 0.6) is 0 Å². The third kappa shape index (κ3) is 3.95. The minimum absolute atomic E-state index is 0.0588. The van der Waals surface area contributed by atoms with Gasteiger partial charge in [-0.3, -0.25) is 13.9 Å². The number of nitrogens with one attached hydrogen (secondary N) is 2. The Morgan fingerprint density at radius 1 is 1.17 bits per heavy atom. The topological polar surface area (TPSA) is 105 Å². The van der Waals surface area contributed by atoms with Crippen LogP contribution in [0.1, 0.15) is 16.2 Å². The second-order valence-electron chi connectivity index (χ2n) is 6.04. The molecule has 0 aliphatic carbocycles. The fourth-order valence-corrected chi connectivity index (χ4v) is 4.71. The summed E-state index contributed by atoms with van der Waals surface area (Å²) in [6.07, 6.45) is 3.13. The number of carbonyl (C=O) groups is 1. The molecule has 3 heterocycles. The Hall–Kier alpha value is -2.95. The predicted octanol–water partition coefficient (Wildman–Crippen LogP) is 3.81. The molecule has 4 aromatic rings. The third-order valence-corrected chi connectivity index (χ3v) is 6.44. The standard InChI is InChI=1S/C18H14ClN5O3S2/c1-11-16(24-10-12(19)2-7-15(24)21-11)17(25)22-13-3-5-14(6-4-13)29(26,27)23-18-20-8-9-28-18/h2-10H,1H3,(H,20,23)(H,22,25). The summed E-state index contributed by atoms with van der Waals surface area (Å²) in [5, 5.41) is 5.18. The number of aryl methyl sites for hydroxylation is 1. The molecule has 2 N–H and O–H groups in total. The number of pyridine rings is 1. The number of aromatic nitrogens is 3. The van der Waals surface area contributed by atoms with E-state index in [1.165, 1.54) is 41.8 Å². The van der Waals surface area contributed by atoms with E-state index in [0.717, 1.165) is 0 Å². The first-order valence-corrected chi connectivity index (χ1v) is 11.1. The molecular weight excluding hydrogens is 434 g/mol. The first-order chi connectivity index (χ1) is 13.8. The van der Waals surface area contributed by atoms with Crippen LogP contribution in [0.2, 0.25) is 5.02 Å². The Labute approximate surface area is 175 Å². The SMILES string of the molecule is Cc1nc2ccc(Cl)cn2c1C(=O)Nc1ccc(S(=O)(=O)Nc2nccs2)cc1. The van der Waals surface area contributed by atoms with Gasteiger partial charge >= 0.3 is 0 Å². The number of halogens is 1. The molecule has 148 valence electrons. The van der Waals surface area contributed by atoms with Gasteiger partial charge in [0.1, 0.15) is 11.3 Å². The average Bonchev–Trinajstić information content (AvgIpc) is 3.28. The molecule has 0 spiro atoms. The van der Waals surface area contributed by atoms with Crippen LogP contribution in [-0.2, 0) is 10.0 Å². The fourth-order valence-electron chi connectivity index (χ4n) is 2.77. The van der Waals surface area contributed by atoms with E-state index in [1.807, 2.05) is 0 Å². The minimum Gasteiger partial charge on any atom is -0.321 e. The van der Waals surface area contributed by atoms with Gasteiger partial charge in [-0.05, 0) is 43.3 Å². The van der Waals surface area contributed by atoms with Gasteiger partial charge in [-0.2, -0.15) is 0 Å². The summed E-state index contributed by atoms with van der Waals surface area (Å²) in [5.74, 6) is -0.381. The number of anilines is 2. The number of sulfonamides is 1. The lowest BCUT2D eigenvalue weighted by atomic mass is 10.3. The van der Waals surface area contributed by atoms with Gasteiger partial charge in [-0.25, -0.2) is 18.4 Å². The fraction of sp³-hybridized carbons (Fsp3) is 0.0556. The van der Waals surface area contributed by atoms with Crippen LogP contribution in [0.15, 0.2) is 59.1 Å². The Morgan fingerprint density at radius 3 is 2.62 bits per heavy atom. The summed E-state index contributed by atoms with van der Waals surface area (Å²) in [7, 11) is -3.76. The van der Waals surface area contributed by atoms with Crippen molar-refractivity contribution >= 4 is 55.3 Å². The van der Waals surface area contributed by atoms with E-state index in [9.17, 15) is 13.2 Å². The summed E-state index contributed by atoms with van der Waals surface area (Å²) in [5.41, 5.74) is 1.95. The van der Waals surface area contributed by atoms with Crippen molar-refractivity contribution in [1.29, 1.82) is 0 Å². The number of rotatable bonds is 5. The molecule has 11 heteroatoms. The number of imidazole rings is 1. The third-order valence-electron chi connectivity index (χ3n) is 4.05. The molecule has 0 saturated carbocycles. The molecule has 0 bridgehead atoms. The molecule has 1 aromatic carbocycles. The molecule has 0 fully saturated rings. The largest absolute Gasteiger partial charge is 0.321 e. The molecule has 29 heavy (non-hydrogen) atoms. The number of thiazole rings is 1. The smallest absolute Gasteiger partial charge is 0.274 e. The van der Waals surface area contributed by atoms with Crippen LogP contribution >= 0.6 is 22.9 Å². The number of hydrogen-bond donors (Lipinski definition) is 2. The molecule has 1 amide bonds. The van der Waals surface area contributed by atoms with E-state index in [0.29, 0.717) is 27.7 Å². The van der Waals surface area contributed by atoms with Gasteiger partial charge < -0.3 is 5.32 Å². The lowest BCUT2D eigenvalue weighted by Gasteiger charge is -2.08. The van der Waals surface area contributed by atoms with E-state index < -0.39 is 10.0 Å². The normalized spacial score (nSPS) is 11.5. The van der Waals surface area contributed by atoms with Crippen molar-refractivity contribution in [3.05, 3.63) is 70.6 Å². The van der Waals surface area contributed by atoms with E-state index in [2.05, 4.69) is 20.0 Å². The van der Waals surface area contributed by atoms with Gasteiger partial charge in [0.2, 0.25) is 0 Å². The Morgan fingerprint density at radius 2 is 1.93 bits per heavy atom. The first-order valence-electron chi connectivity index (χ1n) is 8.31. The van der Waals surface area contributed by atoms with Crippen molar-refractivity contribution < 1.29 is 13.2 Å². The van der Waals surface area contributed by atoms with Gasteiger partial charge in [-0.15, -0.1) is 11.3 Å². The second-order valence-corrected chi connectivity index (χ2v) is 9.06. The van der Waals surface area contributed by atoms with Crippen LogP contribution in [-0.4, -0.2) is 28.7 Å². The number of hydrogen-bond acceptors (Lipinski definition) is 6. The highest BCUT2D eigenvalue weighted by Gasteiger charge is 2.18. The lowest BCUT2D eigenvalue weighted by molar-refractivity contribution is 0.102.